The van der Waals surface area contributed by atoms with Crippen molar-refractivity contribution in [3.05, 3.63) is 81.8 Å². The molecule has 2 heterocycles. The molecule has 166 valence electrons. The first-order valence-corrected chi connectivity index (χ1v) is 10.5. The summed E-state index contributed by atoms with van der Waals surface area (Å²) >= 11 is 0. The summed E-state index contributed by atoms with van der Waals surface area (Å²) in [5.74, 6) is -3.47. The van der Waals surface area contributed by atoms with Crippen LogP contribution in [0.3, 0.4) is 0 Å². The Balaban J connectivity index is 1.84. The van der Waals surface area contributed by atoms with Gasteiger partial charge >= 0.3 is 0 Å². The van der Waals surface area contributed by atoms with Crippen LogP contribution < -0.4 is 10.6 Å². The molecule has 1 aromatic carbocycles. The molecule has 0 bridgehead atoms. The predicted octanol–water partition coefficient (Wildman–Crippen LogP) is 4.91. The van der Waals surface area contributed by atoms with Crippen molar-refractivity contribution in [1.82, 2.24) is 10.3 Å². The van der Waals surface area contributed by atoms with Crippen molar-refractivity contribution >= 4 is 17.5 Å². The number of rotatable bonds is 3. The highest BCUT2D eigenvalue weighted by molar-refractivity contribution is 6.09. The van der Waals surface area contributed by atoms with E-state index in [1.807, 2.05) is 20.8 Å². The van der Waals surface area contributed by atoms with Crippen molar-refractivity contribution in [2.45, 2.75) is 46.5 Å². The van der Waals surface area contributed by atoms with Gasteiger partial charge in [-0.05, 0) is 43.4 Å². The van der Waals surface area contributed by atoms with Gasteiger partial charge < -0.3 is 10.6 Å². The van der Waals surface area contributed by atoms with Crippen LogP contribution in [0.5, 0.6) is 0 Å². The van der Waals surface area contributed by atoms with E-state index in [2.05, 4.69) is 15.6 Å². The molecule has 1 amide bonds. The third kappa shape index (κ3) is 3.95. The fourth-order valence-electron chi connectivity index (χ4n) is 4.52. The number of aromatic nitrogens is 1. The second-order valence-electron chi connectivity index (χ2n) is 9.25. The number of benzene rings is 1. The number of anilines is 1. The van der Waals surface area contributed by atoms with Gasteiger partial charge in [0.2, 0.25) is 0 Å². The Bertz CT molecular complexity index is 1180. The Hall–Kier alpha value is -3.35. The summed E-state index contributed by atoms with van der Waals surface area (Å²) in [6, 6.07) is 7.31. The molecular weight excluding hydrogens is 412 g/mol. The Kier molecular flexibility index (Phi) is 5.44. The highest BCUT2D eigenvalue weighted by atomic mass is 19.2. The number of carbonyl (C=O) groups is 2. The maximum Gasteiger partial charge on any atom is 0.255 e. The summed E-state index contributed by atoms with van der Waals surface area (Å²) in [7, 11) is 0. The molecular formula is C25H25F2N3O2. The normalized spacial score (nSPS) is 20.1. The number of hydrogen-bond acceptors (Lipinski definition) is 4. The van der Waals surface area contributed by atoms with Gasteiger partial charge in [0.05, 0.1) is 0 Å². The van der Waals surface area contributed by atoms with Gasteiger partial charge in [0.25, 0.3) is 5.91 Å². The molecule has 0 radical (unpaired) electrons. The predicted molar refractivity (Wildman–Crippen MR) is 118 cm³/mol. The fraction of sp³-hybridized carbons (Fsp3) is 0.320. The fourth-order valence-corrected chi connectivity index (χ4v) is 4.52. The number of halogens is 2. The quantitative estimate of drug-likeness (QED) is 0.716. The number of nitrogens with zero attached hydrogens (tertiary/aromatic N) is 1. The van der Waals surface area contributed by atoms with Gasteiger partial charge in [-0.1, -0.05) is 32.0 Å². The number of dihydropyridines is 1. The summed E-state index contributed by atoms with van der Waals surface area (Å²) in [6.45, 7) is 7.55. The largest absolute Gasteiger partial charge is 0.362 e. The lowest BCUT2D eigenvalue weighted by atomic mass is 9.68. The third-order valence-electron chi connectivity index (χ3n) is 5.93. The number of aryl methyl sites for hydroxylation is 1. The molecule has 1 aromatic heterocycles. The topological polar surface area (TPSA) is 71.1 Å². The molecule has 1 aliphatic carbocycles. The standard InChI is InChI=1S/C25H25F2N3O2/c1-13-8-9-19(28-12-13)30-24(32)20-14(2)29-17-10-25(3,4)11-18(31)22(17)21(20)15-6-5-7-16(26)23(15)27/h5-9,12,21,29H,10-11H2,1-4H3,(H,28,30,32). The van der Waals surface area contributed by atoms with Crippen LogP contribution in [0.15, 0.2) is 59.1 Å². The lowest BCUT2D eigenvalue weighted by Crippen LogP contribution is -2.39. The van der Waals surface area contributed by atoms with Crippen molar-refractivity contribution < 1.29 is 18.4 Å². The molecule has 2 aromatic rings. The second kappa shape index (κ2) is 7.97. The third-order valence-corrected chi connectivity index (χ3v) is 5.93. The summed E-state index contributed by atoms with van der Waals surface area (Å²) in [6.07, 6.45) is 2.44. The molecule has 7 heteroatoms. The number of amides is 1. The number of allylic oxidation sites excluding steroid dienone is 3. The van der Waals surface area contributed by atoms with Crippen molar-refractivity contribution in [3.8, 4) is 0 Å². The first-order chi connectivity index (χ1) is 15.1. The van der Waals surface area contributed by atoms with Gasteiger partial charge in [0.1, 0.15) is 5.82 Å². The van der Waals surface area contributed by atoms with E-state index in [-0.39, 0.29) is 28.8 Å². The maximum atomic E-state index is 15.0. The first-order valence-electron chi connectivity index (χ1n) is 10.5. The van der Waals surface area contributed by atoms with Crippen molar-refractivity contribution in [3.63, 3.8) is 0 Å². The van der Waals surface area contributed by atoms with Crippen LogP contribution in [0.1, 0.15) is 50.7 Å². The van der Waals surface area contributed by atoms with Gasteiger partial charge in [0.15, 0.2) is 17.4 Å². The number of nitrogens with one attached hydrogen (secondary N) is 2. The van der Waals surface area contributed by atoms with Gasteiger partial charge in [0, 0.05) is 46.6 Å². The number of carbonyl (C=O) groups excluding carboxylic acids is 2. The van der Waals surface area contributed by atoms with E-state index < -0.39 is 23.5 Å². The van der Waals surface area contributed by atoms with E-state index in [9.17, 15) is 18.4 Å². The summed E-state index contributed by atoms with van der Waals surface area (Å²) in [4.78, 5) is 30.8. The van der Waals surface area contributed by atoms with Crippen molar-refractivity contribution in [1.29, 1.82) is 0 Å². The van der Waals surface area contributed by atoms with E-state index in [4.69, 9.17) is 0 Å². The van der Waals surface area contributed by atoms with E-state index in [1.54, 1.807) is 25.3 Å². The number of hydrogen-bond donors (Lipinski definition) is 2. The number of Topliss-reactive ketones (excluding diaryl/α,β-unsaturated/α-hetero) is 1. The molecule has 1 unspecified atom stereocenters. The van der Waals surface area contributed by atoms with Gasteiger partial charge in [-0.2, -0.15) is 0 Å². The number of pyridine rings is 1. The highest BCUT2D eigenvalue weighted by Crippen LogP contribution is 2.47. The van der Waals surface area contributed by atoms with Crippen LogP contribution in [0, 0.1) is 24.0 Å². The van der Waals surface area contributed by atoms with E-state index in [1.165, 1.54) is 12.1 Å². The lowest BCUT2D eigenvalue weighted by Gasteiger charge is -2.39. The van der Waals surface area contributed by atoms with E-state index in [0.29, 0.717) is 29.2 Å². The lowest BCUT2D eigenvalue weighted by molar-refractivity contribution is -0.118. The monoisotopic (exact) mass is 437 g/mol. The van der Waals surface area contributed by atoms with Crippen LogP contribution in [0.25, 0.3) is 0 Å². The molecule has 2 N–H and O–H groups in total. The molecule has 0 fully saturated rings. The number of ketones is 1. The first kappa shape index (κ1) is 21.9. The minimum atomic E-state index is -1.06. The summed E-state index contributed by atoms with van der Waals surface area (Å²) < 4.78 is 29.1. The van der Waals surface area contributed by atoms with Gasteiger partial charge in [-0.15, -0.1) is 0 Å². The zero-order valence-corrected chi connectivity index (χ0v) is 18.5. The molecule has 5 nitrogen and oxygen atoms in total. The zero-order chi connectivity index (χ0) is 23.2. The molecule has 0 spiro atoms. The smallest absolute Gasteiger partial charge is 0.255 e. The molecule has 0 saturated carbocycles. The average Bonchev–Trinajstić information content (AvgIpc) is 2.69. The summed E-state index contributed by atoms with van der Waals surface area (Å²) in [5.41, 5.74) is 2.26. The summed E-state index contributed by atoms with van der Waals surface area (Å²) in [5, 5.41) is 5.94. The van der Waals surface area contributed by atoms with Crippen LogP contribution >= 0.6 is 0 Å². The van der Waals surface area contributed by atoms with Crippen LogP contribution in [0.4, 0.5) is 14.6 Å². The average molecular weight is 437 g/mol. The Labute approximate surface area is 185 Å². The second-order valence-corrected chi connectivity index (χ2v) is 9.25. The van der Waals surface area contributed by atoms with Crippen LogP contribution in [-0.2, 0) is 9.59 Å². The van der Waals surface area contributed by atoms with Gasteiger partial charge in [-0.25, -0.2) is 13.8 Å². The SMILES string of the molecule is CC1=C(C(=O)Nc2ccc(C)cn2)C(c2cccc(F)c2F)C2=C(CC(C)(C)CC2=O)N1. The van der Waals surface area contributed by atoms with Crippen LogP contribution in [-0.4, -0.2) is 16.7 Å². The Morgan fingerprint density at radius 1 is 1.16 bits per heavy atom. The highest BCUT2D eigenvalue weighted by Gasteiger charge is 2.43. The Morgan fingerprint density at radius 2 is 1.91 bits per heavy atom. The molecule has 1 atom stereocenters. The minimum Gasteiger partial charge on any atom is -0.362 e. The van der Waals surface area contributed by atoms with E-state index in [0.717, 1.165) is 11.6 Å². The maximum absolute atomic E-state index is 15.0. The zero-order valence-electron chi connectivity index (χ0n) is 18.5. The van der Waals surface area contributed by atoms with Gasteiger partial charge in [-0.3, -0.25) is 9.59 Å². The minimum absolute atomic E-state index is 0.0339. The van der Waals surface area contributed by atoms with Crippen LogP contribution in [0.2, 0.25) is 0 Å². The molecule has 32 heavy (non-hydrogen) atoms. The molecule has 2 aliphatic rings. The molecule has 4 rings (SSSR count). The Morgan fingerprint density at radius 3 is 2.59 bits per heavy atom. The van der Waals surface area contributed by atoms with Crippen molar-refractivity contribution in [2.75, 3.05) is 5.32 Å². The molecule has 1 aliphatic heterocycles. The molecule has 0 saturated heterocycles. The van der Waals surface area contributed by atoms with E-state index >= 15 is 0 Å². The van der Waals surface area contributed by atoms with Crippen molar-refractivity contribution in [2.24, 2.45) is 5.41 Å².